The van der Waals surface area contributed by atoms with E-state index in [0.29, 0.717) is 5.03 Å². The van der Waals surface area contributed by atoms with E-state index in [1.54, 1.807) is 30.6 Å². The summed E-state index contributed by atoms with van der Waals surface area (Å²) in [5, 5.41) is 3.31. The minimum Gasteiger partial charge on any atom is -0.368 e. The first-order valence-corrected chi connectivity index (χ1v) is 11.6. The number of anilines is 3. The molecule has 0 aliphatic carbocycles. The fourth-order valence-corrected chi connectivity index (χ4v) is 4.54. The maximum atomic E-state index is 13.8. The zero-order valence-electron chi connectivity index (χ0n) is 18.2. The summed E-state index contributed by atoms with van der Waals surface area (Å²) < 4.78 is 13.8. The van der Waals surface area contributed by atoms with Crippen molar-refractivity contribution < 1.29 is 9.18 Å². The van der Waals surface area contributed by atoms with Crippen LogP contribution in [-0.4, -0.2) is 47.8 Å². The number of rotatable bonds is 6. The highest BCUT2D eigenvalue weighted by Gasteiger charge is 2.22. The van der Waals surface area contributed by atoms with Crippen molar-refractivity contribution >= 4 is 34.9 Å². The molecule has 0 unspecified atom stereocenters. The van der Waals surface area contributed by atoms with Crippen molar-refractivity contribution in [3.63, 3.8) is 0 Å². The van der Waals surface area contributed by atoms with E-state index in [9.17, 15) is 9.18 Å². The van der Waals surface area contributed by atoms with E-state index in [-0.39, 0.29) is 17.3 Å². The van der Waals surface area contributed by atoms with Crippen LogP contribution in [-0.2, 0) is 4.79 Å². The molecule has 1 aromatic heterocycles. The molecule has 1 amide bonds. The number of amides is 1. The summed E-state index contributed by atoms with van der Waals surface area (Å²) in [5.74, 6) is 0.184. The largest absolute Gasteiger partial charge is 0.368 e. The number of para-hydroxylation sites is 1. The SMILES string of the molecule is Cc1cccc(N2CCN(c3nccnc3SCC(=O)Nc3ccccc3F)CC2)c1C. The summed E-state index contributed by atoms with van der Waals surface area (Å²) in [6.45, 7) is 7.72. The van der Waals surface area contributed by atoms with Gasteiger partial charge in [0.2, 0.25) is 5.91 Å². The molecule has 0 saturated carbocycles. The average molecular weight is 452 g/mol. The lowest BCUT2D eigenvalue weighted by Gasteiger charge is -2.37. The first-order valence-electron chi connectivity index (χ1n) is 10.6. The number of nitrogens with one attached hydrogen (secondary N) is 1. The Morgan fingerprint density at radius 1 is 1.00 bits per heavy atom. The minimum absolute atomic E-state index is 0.127. The number of halogens is 1. The van der Waals surface area contributed by atoms with Crippen molar-refractivity contribution in [1.82, 2.24) is 9.97 Å². The highest BCUT2D eigenvalue weighted by atomic mass is 32.2. The van der Waals surface area contributed by atoms with E-state index < -0.39 is 5.82 Å². The number of hydrogen-bond acceptors (Lipinski definition) is 6. The third kappa shape index (κ3) is 5.02. The average Bonchev–Trinajstić information content (AvgIpc) is 2.81. The van der Waals surface area contributed by atoms with E-state index in [1.807, 2.05) is 0 Å². The summed E-state index contributed by atoms with van der Waals surface area (Å²) >= 11 is 1.31. The molecule has 6 nitrogen and oxygen atoms in total. The van der Waals surface area contributed by atoms with E-state index in [1.165, 1.54) is 34.6 Å². The van der Waals surface area contributed by atoms with Crippen molar-refractivity contribution in [2.75, 3.05) is 47.0 Å². The fourth-order valence-electron chi connectivity index (χ4n) is 3.76. The third-order valence-electron chi connectivity index (χ3n) is 5.63. The molecule has 8 heteroatoms. The minimum atomic E-state index is -0.451. The normalized spacial score (nSPS) is 13.8. The van der Waals surface area contributed by atoms with Crippen molar-refractivity contribution in [3.05, 3.63) is 71.8 Å². The van der Waals surface area contributed by atoms with Crippen LogP contribution in [0.15, 0.2) is 59.9 Å². The Labute approximate surface area is 191 Å². The van der Waals surface area contributed by atoms with Crippen LogP contribution in [0.3, 0.4) is 0 Å². The Morgan fingerprint density at radius 3 is 2.50 bits per heavy atom. The maximum Gasteiger partial charge on any atom is 0.234 e. The number of aryl methyl sites for hydroxylation is 1. The van der Waals surface area contributed by atoms with Gasteiger partial charge in [-0.1, -0.05) is 36.0 Å². The second-order valence-electron chi connectivity index (χ2n) is 7.69. The van der Waals surface area contributed by atoms with Crippen molar-refractivity contribution in [2.24, 2.45) is 0 Å². The van der Waals surface area contributed by atoms with Gasteiger partial charge in [-0.05, 0) is 43.2 Å². The summed E-state index contributed by atoms with van der Waals surface area (Å²) in [5.41, 5.74) is 4.08. The maximum absolute atomic E-state index is 13.8. The fraction of sp³-hybridized carbons (Fsp3) is 0.292. The van der Waals surface area contributed by atoms with Gasteiger partial charge in [0.1, 0.15) is 10.8 Å². The van der Waals surface area contributed by atoms with Gasteiger partial charge in [0.15, 0.2) is 5.82 Å². The molecule has 0 atom stereocenters. The van der Waals surface area contributed by atoms with Crippen molar-refractivity contribution in [1.29, 1.82) is 0 Å². The molecule has 1 saturated heterocycles. The van der Waals surface area contributed by atoms with E-state index in [0.717, 1.165) is 32.0 Å². The lowest BCUT2D eigenvalue weighted by Crippen LogP contribution is -2.47. The molecule has 166 valence electrons. The predicted octanol–water partition coefficient (Wildman–Crippen LogP) is 4.29. The number of carbonyl (C=O) groups is 1. The molecule has 2 aromatic carbocycles. The van der Waals surface area contributed by atoms with Gasteiger partial charge in [0.25, 0.3) is 0 Å². The number of carbonyl (C=O) groups excluding carboxylic acids is 1. The molecule has 4 rings (SSSR count). The van der Waals surface area contributed by atoms with Gasteiger partial charge < -0.3 is 15.1 Å². The van der Waals surface area contributed by atoms with Crippen LogP contribution in [0.4, 0.5) is 21.6 Å². The van der Waals surface area contributed by atoms with Crippen LogP contribution in [0, 0.1) is 19.7 Å². The van der Waals surface area contributed by atoms with Gasteiger partial charge in [-0.15, -0.1) is 0 Å². The zero-order chi connectivity index (χ0) is 22.5. The Hall–Kier alpha value is -3.13. The molecule has 2 heterocycles. The van der Waals surface area contributed by atoms with E-state index in [2.05, 4.69) is 57.1 Å². The lowest BCUT2D eigenvalue weighted by atomic mass is 10.1. The number of piperazine rings is 1. The van der Waals surface area contributed by atoms with Crippen LogP contribution in [0.25, 0.3) is 0 Å². The van der Waals surface area contributed by atoms with Crippen molar-refractivity contribution in [3.8, 4) is 0 Å². The van der Waals surface area contributed by atoms with E-state index >= 15 is 0 Å². The second kappa shape index (κ2) is 9.99. The number of hydrogen-bond donors (Lipinski definition) is 1. The Kier molecular flexibility index (Phi) is 6.90. The first kappa shape index (κ1) is 22.1. The molecule has 0 spiro atoms. The molecule has 0 radical (unpaired) electrons. The molecular weight excluding hydrogens is 425 g/mol. The van der Waals surface area contributed by atoms with Crippen LogP contribution >= 0.6 is 11.8 Å². The van der Waals surface area contributed by atoms with Gasteiger partial charge in [-0.2, -0.15) is 0 Å². The second-order valence-corrected chi connectivity index (χ2v) is 8.66. The number of nitrogens with zero attached hydrogens (tertiary/aromatic N) is 4. The monoisotopic (exact) mass is 451 g/mol. The molecule has 1 fully saturated rings. The Balaban J connectivity index is 1.38. The zero-order valence-corrected chi connectivity index (χ0v) is 19.0. The highest BCUT2D eigenvalue weighted by Crippen LogP contribution is 2.29. The Morgan fingerprint density at radius 2 is 1.72 bits per heavy atom. The van der Waals surface area contributed by atoms with Gasteiger partial charge in [-0.3, -0.25) is 4.79 Å². The molecule has 1 N–H and O–H groups in total. The standard InChI is InChI=1S/C24H26FN5OS/c1-17-6-5-9-21(18(17)2)29-12-14-30(15-13-29)23-24(27-11-10-26-23)32-16-22(31)28-20-8-4-3-7-19(20)25/h3-11H,12-16H2,1-2H3,(H,28,31). The molecule has 3 aromatic rings. The number of thioether (sulfide) groups is 1. The lowest BCUT2D eigenvalue weighted by molar-refractivity contribution is -0.113. The molecule has 32 heavy (non-hydrogen) atoms. The number of aromatic nitrogens is 2. The molecule has 1 aliphatic heterocycles. The van der Waals surface area contributed by atoms with Gasteiger partial charge >= 0.3 is 0 Å². The molecule has 0 bridgehead atoms. The van der Waals surface area contributed by atoms with E-state index in [4.69, 9.17) is 0 Å². The van der Waals surface area contributed by atoms with Crippen LogP contribution in [0.5, 0.6) is 0 Å². The van der Waals surface area contributed by atoms with Gasteiger partial charge in [0, 0.05) is 44.3 Å². The Bertz CT molecular complexity index is 1100. The van der Waals surface area contributed by atoms with Gasteiger partial charge in [0.05, 0.1) is 11.4 Å². The quantitative estimate of drug-likeness (QED) is 0.564. The summed E-state index contributed by atoms with van der Waals surface area (Å²) in [4.78, 5) is 25.9. The topological polar surface area (TPSA) is 61.4 Å². The summed E-state index contributed by atoms with van der Waals surface area (Å²) in [6, 6.07) is 12.6. The summed E-state index contributed by atoms with van der Waals surface area (Å²) in [6.07, 6.45) is 3.31. The third-order valence-corrected chi connectivity index (χ3v) is 6.60. The van der Waals surface area contributed by atoms with Crippen LogP contribution in [0.1, 0.15) is 11.1 Å². The summed E-state index contributed by atoms with van der Waals surface area (Å²) in [7, 11) is 0. The molecular formula is C24H26FN5OS. The molecule has 1 aliphatic rings. The number of benzene rings is 2. The van der Waals surface area contributed by atoms with Crippen LogP contribution < -0.4 is 15.1 Å². The van der Waals surface area contributed by atoms with Crippen LogP contribution in [0.2, 0.25) is 0 Å². The smallest absolute Gasteiger partial charge is 0.234 e. The first-order chi connectivity index (χ1) is 15.5. The van der Waals surface area contributed by atoms with Gasteiger partial charge in [-0.25, -0.2) is 14.4 Å². The highest BCUT2D eigenvalue weighted by molar-refractivity contribution is 8.00. The van der Waals surface area contributed by atoms with Crippen molar-refractivity contribution in [2.45, 2.75) is 18.9 Å². The predicted molar refractivity (Wildman–Crippen MR) is 128 cm³/mol.